The number of nitrogens with two attached hydrogens (primary N) is 1. The number of hydrogen-bond acceptors (Lipinski definition) is 3. The molecule has 18 heavy (non-hydrogen) atoms. The first-order chi connectivity index (χ1) is 8.74. The van der Waals surface area contributed by atoms with Gasteiger partial charge >= 0.3 is 0 Å². The summed E-state index contributed by atoms with van der Waals surface area (Å²) in [5.41, 5.74) is 6.74. The van der Waals surface area contributed by atoms with Gasteiger partial charge in [0.2, 0.25) is 0 Å². The Morgan fingerprint density at radius 3 is 2.56 bits per heavy atom. The molecule has 2 N–H and O–H groups in total. The Labute approximate surface area is 113 Å². The molecular formula is C14H10BrN3. The van der Waals surface area contributed by atoms with Crippen molar-refractivity contribution in [2.75, 3.05) is 5.73 Å². The van der Waals surface area contributed by atoms with Gasteiger partial charge < -0.3 is 5.73 Å². The summed E-state index contributed by atoms with van der Waals surface area (Å²) < 4.78 is 0.715. The van der Waals surface area contributed by atoms with Crippen molar-refractivity contribution in [2.24, 2.45) is 0 Å². The molecule has 0 saturated heterocycles. The standard InChI is InChI=1S/C14H10BrN3/c15-12-8-17-14(18-13(12)16)11-6-5-9-3-1-2-4-10(9)7-11/h1-8H,(H2,16,17,18). The van der Waals surface area contributed by atoms with Crippen LogP contribution in [0.4, 0.5) is 5.82 Å². The highest BCUT2D eigenvalue weighted by atomic mass is 79.9. The third kappa shape index (κ3) is 1.95. The number of aromatic nitrogens is 2. The van der Waals surface area contributed by atoms with Gasteiger partial charge in [0.15, 0.2) is 5.82 Å². The van der Waals surface area contributed by atoms with Crippen molar-refractivity contribution in [2.45, 2.75) is 0 Å². The van der Waals surface area contributed by atoms with E-state index in [0.29, 0.717) is 16.1 Å². The number of halogens is 1. The summed E-state index contributed by atoms with van der Waals surface area (Å²) in [5, 5.41) is 2.37. The molecule has 0 aliphatic rings. The molecule has 3 aromatic rings. The Morgan fingerprint density at radius 2 is 1.78 bits per heavy atom. The summed E-state index contributed by atoms with van der Waals surface area (Å²) in [5.74, 6) is 1.09. The first-order valence-corrected chi connectivity index (χ1v) is 6.30. The molecule has 0 bridgehead atoms. The van der Waals surface area contributed by atoms with Crippen LogP contribution in [0.15, 0.2) is 53.1 Å². The number of rotatable bonds is 1. The normalized spacial score (nSPS) is 10.7. The molecule has 0 amide bonds. The molecule has 2 aromatic carbocycles. The van der Waals surface area contributed by atoms with Crippen LogP contribution in [-0.4, -0.2) is 9.97 Å². The fourth-order valence-corrected chi connectivity index (χ4v) is 2.04. The van der Waals surface area contributed by atoms with E-state index in [4.69, 9.17) is 5.73 Å². The quantitative estimate of drug-likeness (QED) is 0.746. The summed E-state index contributed by atoms with van der Waals surface area (Å²) in [6.45, 7) is 0. The second-order valence-electron chi connectivity index (χ2n) is 3.99. The van der Waals surface area contributed by atoms with Gasteiger partial charge in [0.25, 0.3) is 0 Å². The van der Waals surface area contributed by atoms with E-state index in [9.17, 15) is 0 Å². The smallest absolute Gasteiger partial charge is 0.161 e. The third-order valence-electron chi connectivity index (χ3n) is 2.78. The fraction of sp³-hybridized carbons (Fsp3) is 0. The zero-order valence-corrected chi connectivity index (χ0v) is 11.1. The number of nitrogen functional groups attached to an aromatic ring is 1. The van der Waals surface area contributed by atoms with Crippen molar-refractivity contribution >= 4 is 32.5 Å². The van der Waals surface area contributed by atoms with Gasteiger partial charge in [0.1, 0.15) is 5.82 Å². The summed E-state index contributed by atoms with van der Waals surface area (Å²) >= 11 is 3.29. The molecule has 0 spiro atoms. The van der Waals surface area contributed by atoms with Crippen LogP contribution in [0.3, 0.4) is 0 Å². The topological polar surface area (TPSA) is 51.8 Å². The minimum atomic E-state index is 0.452. The van der Waals surface area contributed by atoms with Crippen LogP contribution in [0.5, 0.6) is 0 Å². The SMILES string of the molecule is Nc1nc(-c2ccc3ccccc3c2)ncc1Br. The molecule has 3 rings (SSSR count). The van der Waals surface area contributed by atoms with Crippen LogP contribution in [-0.2, 0) is 0 Å². The van der Waals surface area contributed by atoms with E-state index in [0.717, 1.165) is 5.56 Å². The van der Waals surface area contributed by atoms with Gasteiger partial charge in [-0.2, -0.15) is 0 Å². The number of benzene rings is 2. The predicted octanol–water partition coefficient (Wildman–Crippen LogP) is 3.64. The van der Waals surface area contributed by atoms with Gasteiger partial charge in [-0.1, -0.05) is 36.4 Å². The van der Waals surface area contributed by atoms with Crippen molar-refractivity contribution in [3.05, 3.63) is 53.1 Å². The Balaban J connectivity index is 2.16. The van der Waals surface area contributed by atoms with Gasteiger partial charge in [0.05, 0.1) is 4.47 Å². The molecule has 1 aromatic heterocycles. The molecule has 0 aliphatic heterocycles. The van der Waals surface area contributed by atoms with Crippen molar-refractivity contribution in [1.29, 1.82) is 0 Å². The molecule has 4 heteroatoms. The van der Waals surface area contributed by atoms with Crippen molar-refractivity contribution < 1.29 is 0 Å². The van der Waals surface area contributed by atoms with Crippen LogP contribution >= 0.6 is 15.9 Å². The van der Waals surface area contributed by atoms with Crippen LogP contribution in [0, 0.1) is 0 Å². The van der Waals surface area contributed by atoms with Gasteiger partial charge in [-0.05, 0) is 32.8 Å². The van der Waals surface area contributed by atoms with Crippen LogP contribution in [0.1, 0.15) is 0 Å². The van der Waals surface area contributed by atoms with Crippen LogP contribution < -0.4 is 5.73 Å². The average Bonchev–Trinajstić information content (AvgIpc) is 2.41. The zero-order valence-electron chi connectivity index (χ0n) is 9.47. The van der Waals surface area contributed by atoms with E-state index in [2.05, 4.69) is 50.2 Å². The van der Waals surface area contributed by atoms with E-state index in [1.54, 1.807) is 6.20 Å². The average molecular weight is 300 g/mol. The lowest BCUT2D eigenvalue weighted by Crippen LogP contribution is -1.96. The second kappa shape index (κ2) is 4.38. The maximum absolute atomic E-state index is 5.77. The number of hydrogen-bond donors (Lipinski definition) is 1. The molecule has 0 unspecified atom stereocenters. The lowest BCUT2D eigenvalue weighted by molar-refractivity contribution is 1.17. The third-order valence-corrected chi connectivity index (χ3v) is 3.39. The van der Waals surface area contributed by atoms with Gasteiger partial charge in [-0.3, -0.25) is 0 Å². The summed E-state index contributed by atoms with van der Waals surface area (Å²) in [4.78, 5) is 8.55. The lowest BCUT2D eigenvalue weighted by Gasteiger charge is -2.04. The van der Waals surface area contributed by atoms with E-state index in [1.165, 1.54) is 10.8 Å². The van der Waals surface area contributed by atoms with E-state index >= 15 is 0 Å². The molecule has 88 valence electrons. The van der Waals surface area contributed by atoms with Gasteiger partial charge in [0, 0.05) is 11.8 Å². The monoisotopic (exact) mass is 299 g/mol. The molecule has 0 saturated carbocycles. The Morgan fingerprint density at radius 1 is 1.00 bits per heavy atom. The minimum absolute atomic E-state index is 0.452. The highest BCUT2D eigenvalue weighted by Gasteiger charge is 2.05. The second-order valence-corrected chi connectivity index (χ2v) is 4.84. The number of nitrogens with zero attached hydrogens (tertiary/aromatic N) is 2. The highest BCUT2D eigenvalue weighted by Crippen LogP contribution is 2.24. The van der Waals surface area contributed by atoms with E-state index < -0.39 is 0 Å². The molecule has 3 nitrogen and oxygen atoms in total. The first-order valence-electron chi connectivity index (χ1n) is 5.51. The van der Waals surface area contributed by atoms with Crippen molar-refractivity contribution in [3.63, 3.8) is 0 Å². The Hall–Kier alpha value is -1.94. The van der Waals surface area contributed by atoms with Gasteiger partial charge in [-0.25, -0.2) is 9.97 Å². The molecule has 1 heterocycles. The number of fused-ring (bicyclic) bond motifs is 1. The van der Waals surface area contributed by atoms with E-state index in [-0.39, 0.29) is 0 Å². The number of anilines is 1. The fourth-order valence-electron chi connectivity index (χ4n) is 1.85. The van der Waals surface area contributed by atoms with Crippen LogP contribution in [0.2, 0.25) is 0 Å². The maximum Gasteiger partial charge on any atom is 0.161 e. The highest BCUT2D eigenvalue weighted by molar-refractivity contribution is 9.10. The first kappa shape index (κ1) is 11.2. The molecule has 0 radical (unpaired) electrons. The van der Waals surface area contributed by atoms with Gasteiger partial charge in [-0.15, -0.1) is 0 Å². The van der Waals surface area contributed by atoms with Crippen molar-refractivity contribution in [3.8, 4) is 11.4 Å². The molecule has 0 atom stereocenters. The Kier molecular flexibility index (Phi) is 2.72. The molecule has 0 fully saturated rings. The Bertz CT molecular complexity index is 725. The molecular weight excluding hydrogens is 290 g/mol. The maximum atomic E-state index is 5.77. The largest absolute Gasteiger partial charge is 0.383 e. The summed E-state index contributed by atoms with van der Waals surface area (Å²) in [6.07, 6.45) is 1.67. The minimum Gasteiger partial charge on any atom is -0.383 e. The lowest BCUT2D eigenvalue weighted by atomic mass is 10.1. The summed E-state index contributed by atoms with van der Waals surface area (Å²) in [6, 6.07) is 14.3. The molecule has 0 aliphatic carbocycles. The van der Waals surface area contributed by atoms with E-state index in [1.807, 2.05) is 18.2 Å². The summed E-state index contributed by atoms with van der Waals surface area (Å²) in [7, 11) is 0. The zero-order chi connectivity index (χ0) is 12.5. The predicted molar refractivity (Wildman–Crippen MR) is 77.1 cm³/mol. The van der Waals surface area contributed by atoms with Crippen molar-refractivity contribution in [1.82, 2.24) is 9.97 Å². The van der Waals surface area contributed by atoms with Crippen LogP contribution in [0.25, 0.3) is 22.2 Å².